The van der Waals surface area contributed by atoms with Crippen molar-refractivity contribution in [2.24, 2.45) is 0 Å². The number of aliphatic hydroxyl groups is 1. The summed E-state index contributed by atoms with van der Waals surface area (Å²) in [6.45, 7) is 4.49. The zero-order valence-corrected chi connectivity index (χ0v) is 10.8. The second-order valence-corrected chi connectivity index (χ2v) is 5.66. The summed E-state index contributed by atoms with van der Waals surface area (Å²) in [7, 11) is 0. The van der Waals surface area contributed by atoms with Gasteiger partial charge in [0.05, 0.1) is 12.2 Å². The van der Waals surface area contributed by atoms with E-state index in [9.17, 15) is 9.50 Å². The first-order chi connectivity index (χ1) is 8.08. The Kier molecular flexibility index (Phi) is 4.07. The van der Waals surface area contributed by atoms with Crippen molar-refractivity contribution in [2.45, 2.75) is 42.6 Å². The molecule has 1 saturated heterocycles. The van der Waals surface area contributed by atoms with Crippen LogP contribution in [0, 0.1) is 5.82 Å². The monoisotopic (exact) mass is 256 g/mol. The Balaban J connectivity index is 2.19. The van der Waals surface area contributed by atoms with Gasteiger partial charge in [-0.05, 0) is 44.0 Å². The topological polar surface area (TPSA) is 29.5 Å². The van der Waals surface area contributed by atoms with Crippen LogP contribution in [0.2, 0.25) is 0 Å². The molecule has 0 saturated carbocycles. The maximum Gasteiger partial charge on any atom is 0.123 e. The van der Waals surface area contributed by atoms with Crippen LogP contribution in [-0.2, 0) is 4.74 Å². The quantitative estimate of drug-likeness (QED) is 0.901. The largest absolute Gasteiger partial charge is 0.389 e. The minimum absolute atomic E-state index is 0.215. The highest BCUT2D eigenvalue weighted by atomic mass is 32.2. The molecule has 1 N–H and O–H groups in total. The molecule has 0 amide bonds. The van der Waals surface area contributed by atoms with E-state index in [4.69, 9.17) is 4.74 Å². The van der Waals surface area contributed by atoms with E-state index in [0.29, 0.717) is 10.8 Å². The van der Waals surface area contributed by atoms with E-state index in [1.165, 1.54) is 12.1 Å². The zero-order chi connectivity index (χ0) is 12.4. The first-order valence-electron chi connectivity index (χ1n) is 5.83. The molecule has 2 unspecified atom stereocenters. The van der Waals surface area contributed by atoms with Gasteiger partial charge in [-0.1, -0.05) is 0 Å². The number of rotatable bonds is 3. The number of halogens is 1. The SMILES string of the molecule is CC1OCCC1Sc1ccc(F)cc1[C@H](C)O. The molecule has 0 bridgehead atoms. The molecule has 4 heteroatoms. The number of benzene rings is 1. The Labute approximate surface area is 105 Å². The van der Waals surface area contributed by atoms with Crippen LogP contribution in [0.15, 0.2) is 23.1 Å². The predicted molar refractivity (Wildman–Crippen MR) is 66.7 cm³/mol. The molecule has 0 radical (unpaired) electrons. The van der Waals surface area contributed by atoms with Gasteiger partial charge in [-0.25, -0.2) is 4.39 Å². The fourth-order valence-corrected chi connectivity index (χ4v) is 3.31. The zero-order valence-electron chi connectivity index (χ0n) is 10.0. The molecular formula is C13H17FO2S. The van der Waals surface area contributed by atoms with Gasteiger partial charge in [-0.3, -0.25) is 0 Å². The van der Waals surface area contributed by atoms with E-state index in [1.807, 2.05) is 0 Å². The van der Waals surface area contributed by atoms with Crippen molar-refractivity contribution in [3.63, 3.8) is 0 Å². The van der Waals surface area contributed by atoms with Gasteiger partial charge in [0.1, 0.15) is 5.82 Å². The van der Waals surface area contributed by atoms with Gasteiger partial charge in [0.25, 0.3) is 0 Å². The average molecular weight is 256 g/mol. The highest BCUT2D eigenvalue weighted by Crippen LogP contribution is 2.36. The lowest BCUT2D eigenvalue weighted by atomic mass is 10.1. The second-order valence-electron chi connectivity index (χ2n) is 4.38. The molecule has 1 aromatic carbocycles. The Morgan fingerprint density at radius 2 is 2.29 bits per heavy atom. The Morgan fingerprint density at radius 1 is 1.53 bits per heavy atom. The minimum atomic E-state index is -0.647. The molecule has 2 rings (SSSR count). The highest BCUT2D eigenvalue weighted by molar-refractivity contribution is 8.00. The van der Waals surface area contributed by atoms with Crippen molar-refractivity contribution < 1.29 is 14.2 Å². The standard InChI is InChI=1S/C13H17FO2S/c1-8(15)11-7-10(14)3-4-13(11)17-12-5-6-16-9(12)2/h3-4,7-9,12,15H,5-6H2,1-2H3/t8-,9?,12?/m0/s1. The number of aliphatic hydroxyl groups excluding tert-OH is 1. The Morgan fingerprint density at radius 3 is 2.88 bits per heavy atom. The van der Waals surface area contributed by atoms with E-state index in [2.05, 4.69) is 6.92 Å². The van der Waals surface area contributed by atoms with E-state index >= 15 is 0 Å². The fourth-order valence-electron chi connectivity index (χ4n) is 1.98. The van der Waals surface area contributed by atoms with Crippen LogP contribution >= 0.6 is 11.8 Å². The third-order valence-corrected chi connectivity index (χ3v) is 4.55. The van der Waals surface area contributed by atoms with Gasteiger partial charge >= 0.3 is 0 Å². The molecule has 0 spiro atoms. The van der Waals surface area contributed by atoms with Crippen LogP contribution in [0.4, 0.5) is 4.39 Å². The van der Waals surface area contributed by atoms with Crippen LogP contribution in [0.1, 0.15) is 31.9 Å². The summed E-state index contributed by atoms with van der Waals surface area (Å²) in [4.78, 5) is 0.948. The molecular weight excluding hydrogens is 239 g/mol. The van der Waals surface area contributed by atoms with Crippen LogP contribution in [0.25, 0.3) is 0 Å². The third-order valence-electron chi connectivity index (χ3n) is 3.01. The number of hydrogen-bond acceptors (Lipinski definition) is 3. The van der Waals surface area contributed by atoms with Gasteiger partial charge < -0.3 is 9.84 Å². The van der Waals surface area contributed by atoms with E-state index in [0.717, 1.165) is 17.9 Å². The fraction of sp³-hybridized carbons (Fsp3) is 0.538. The molecule has 94 valence electrons. The first kappa shape index (κ1) is 12.9. The van der Waals surface area contributed by atoms with Crippen molar-refractivity contribution in [3.8, 4) is 0 Å². The summed E-state index contributed by atoms with van der Waals surface area (Å²) in [5, 5.41) is 10.0. The van der Waals surface area contributed by atoms with Crippen LogP contribution in [0.5, 0.6) is 0 Å². The number of ether oxygens (including phenoxy) is 1. The van der Waals surface area contributed by atoms with Crippen molar-refractivity contribution in [1.82, 2.24) is 0 Å². The summed E-state index contributed by atoms with van der Waals surface area (Å²) in [6, 6.07) is 4.59. The molecule has 1 aliphatic rings. The lowest BCUT2D eigenvalue weighted by Gasteiger charge is -2.17. The third kappa shape index (κ3) is 3.00. The van der Waals surface area contributed by atoms with Crippen molar-refractivity contribution in [2.75, 3.05) is 6.61 Å². The number of hydrogen-bond donors (Lipinski definition) is 1. The second kappa shape index (κ2) is 5.38. The average Bonchev–Trinajstić information content (AvgIpc) is 2.67. The van der Waals surface area contributed by atoms with Gasteiger partial charge in [0.2, 0.25) is 0 Å². The summed E-state index contributed by atoms with van der Waals surface area (Å²) in [5.41, 5.74) is 0.661. The molecule has 3 atom stereocenters. The lowest BCUT2D eigenvalue weighted by molar-refractivity contribution is 0.127. The van der Waals surface area contributed by atoms with E-state index in [1.54, 1.807) is 24.8 Å². The van der Waals surface area contributed by atoms with Crippen molar-refractivity contribution >= 4 is 11.8 Å². The number of thioether (sulfide) groups is 1. The first-order valence-corrected chi connectivity index (χ1v) is 6.71. The van der Waals surface area contributed by atoms with Crippen LogP contribution in [0.3, 0.4) is 0 Å². The summed E-state index contributed by atoms with van der Waals surface area (Å²) < 4.78 is 18.7. The van der Waals surface area contributed by atoms with Gasteiger partial charge in [0.15, 0.2) is 0 Å². The van der Waals surface area contributed by atoms with Gasteiger partial charge in [0, 0.05) is 16.8 Å². The maximum absolute atomic E-state index is 13.2. The van der Waals surface area contributed by atoms with Crippen LogP contribution in [-0.4, -0.2) is 23.1 Å². The predicted octanol–water partition coefficient (Wildman–Crippen LogP) is 3.15. The molecule has 1 aliphatic heterocycles. The Hall–Kier alpha value is -0.580. The van der Waals surface area contributed by atoms with Crippen molar-refractivity contribution in [3.05, 3.63) is 29.6 Å². The smallest absolute Gasteiger partial charge is 0.123 e. The summed E-state index contributed by atoms with van der Waals surface area (Å²) in [6.07, 6.45) is 0.570. The van der Waals surface area contributed by atoms with Gasteiger partial charge in [-0.2, -0.15) is 0 Å². The molecule has 1 heterocycles. The molecule has 17 heavy (non-hydrogen) atoms. The Bertz CT molecular complexity index is 395. The summed E-state index contributed by atoms with van der Waals surface area (Å²) in [5.74, 6) is -0.305. The van der Waals surface area contributed by atoms with E-state index < -0.39 is 6.10 Å². The van der Waals surface area contributed by atoms with Gasteiger partial charge in [-0.15, -0.1) is 11.8 Å². The maximum atomic E-state index is 13.2. The highest BCUT2D eigenvalue weighted by Gasteiger charge is 2.26. The van der Waals surface area contributed by atoms with Crippen molar-refractivity contribution in [1.29, 1.82) is 0 Å². The molecule has 0 aliphatic carbocycles. The van der Waals surface area contributed by atoms with Crippen LogP contribution < -0.4 is 0 Å². The molecule has 0 aromatic heterocycles. The normalized spacial score (nSPS) is 26.1. The summed E-state index contributed by atoms with van der Waals surface area (Å²) >= 11 is 1.67. The van der Waals surface area contributed by atoms with E-state index in [-0.39, 0.29) is 11.9 Å². The molecule has 1 fully saturated rings. The lowest BCUT2D eigenvalue weighted by Crippen LogP contribution is -2.13. The molecule has 2 nitrogen and oxygen atoms in total. The molecule has 1 aromatic rings. The minimum Gasteiger partial charge on any atom is -0.389 e.